The van der Waals surface area contributed by atoms with Gasteiger partial charge in [0.15, 0.2) is 0 Å². The molecule has 0 aliphatic carbocycles. The third-order valence-electron chi connectivity index (χ3n) is 4.63. The van der Waals surface area contributed by atoms with Crippen molar-refractivity contribution in [1.29, 1.82) is 0 Å². The molecule has 3 atom stereocenters. The molecule has 1 saturated heterocycles. The maximum absolute atomic E-state index is 5.68. The quantitative estimate of drug-likeness (QED) is 0.742. The van der Waals surface area contributed by atoms with Gasteiger partial charge in [0.1, 0.15) is 0 Å². The summed E-state index contributed by atoms with van der Waals surface area (Å²) in [5.74, 6) is 0.762. The van der Waals surface area contributed by atoms with Crippen LogP contribution in [0.3, 0.4) is 0 Å². The van der Waals surface area contributed by atoms with Gasteiger partial charge in [-0.05, 0) is 56.9 Å². The van der Waals surface area contributed by atoms with E-state index in [1.54, 1.807) is 0 Å². The Kier molecular flexibility index (Phi) is 6.65. The Morgan fingerprint density at radius 2 is 2.06 bits per heavy atom. The Hall–Kier alpha value is -0.0800. The van der Waals surface area contributed by atoms with Crippen molar-refractivity contribution < 1.29 is 4.74 Å². The van der Waals surface area contributed by atoms with Crippen LogP contribution in [0, 0.1) is 11.3 Å². The molecule has 2 nitrogen and oxygen atoms in total. The Balaban J connectivity index is 2.20. The SMILES string of the molecule is CNC(CCCC1CCCO1)CC(C)C(C)(C)C. The summed E-state index contributed by atoms with van der Waals surface area (Å²) in [6.45, 7) is 10.4. The van der Waals surface area contributed by atoms with E-state index in [9.17, 15) is 0 Å². The van der Waals surface area contributed by atoms with Gasteiger partial charge < -0.3 is 10.1 Å². The number of nitrogens with one attached hydrogen (secondary N) is 1. The van der Waals surface area contributed by atoms with Crippen molar-refractivity contribution in [3.8, 4) is 0 Å². The molecule has 1 N–H and O–H groups in total. The largest absolute Gasteiger partial charge is 0.378 e. The number of rotatable bonds is 7. The van der Waals surface area contributed by atoms with Gasteiger partial charge in [0, 0.05) is 12.6 Å². The van der Waals surface area contributed by atoms with E-state index in [2.05, 4.69) is 40.1 Å². The minimum Gasteiger partial charge on any atom is -0.378 e. The second-order valence-corrected chi connectivity index (χ2v) is 7.05. The molecule has 1 rings (SSSR count). The predicted molar refractivity (Wildman–Crippen MR) is 78.9 cm³/mol. The van der Waals surface area contributed by atoms with E-state index in [-0.39, 0.29) is 0 Å². The van der Waals surface area contributed by atoms with Crippen LogP contribution in [-0.2, 0) is 4.74 Å². The van der Waals surface area contributed by atoms with Gasteiger partial charge >= 0.3 is 0 Å². The fraction of sp³-hybridized carbons (Fsp3) is 1.00. The van der Waals surface area contributed by atoms with Gasteiger partial charge in [-0.2, -0.15) is 0 Å². The van der Waals surface area contributed by atoms with E-state index in [1.165, 1.54) is 38.5 Å². The first kappa shape index (κ1) is 16.0. The second-order valence-electron chi connectivity index (χ2n) is 7.05. The first-order chi connectivity index (χ1) is 8.43. The van der Waals surface area contributed by atoms with Crippen molar-refractivity contribution in [2.45, 2.75) is 78.4 Å². The third kappa shape index (κ3) is 5.71. The first-order valence-corrected chi connectivity index (χ1v) is 7.72. The summed E-state index contributed by atoms with van der Waals surface area (Å²) in [6.07, 6.45) is 8.23. The molecule has 2 heteroatoms. The predicted octanol–water partition coefficient (Wildman–Crippen LogP) is 4.00. The average Bonchev–Trinajstić information content (AvgIpc) is 2.79. The Morgan fingerprint density at radius 3 is 2.56 bits per heavy atom. The maximum atomic E-state index is 5.68. The van der Waals surface area contributed by atoms with Crippen molar-refractivity contribution >= 4 is 0 Å². The van der Waals surface area contributed by atoms with Crippen LogP contribution in [0.4, 0.5) is 0 Å². The number of hydrogen-bond acceptors (Lipinski definition) is 2. The van der Waals surface area contributed by atoms with Crippen LogP contribution in [0.15, 0.2) is 0 Å². The molecule has 0 aromatic rings. The standard InChI is InChI=1S/C16H33NO/c1-13(16(2,3)4)12-14(17-5)8-6-9-15-10-7-11-18-15/h13-15,17H,6-12H2,1-5H3. The lowest BCUT2D eigenvalue weighted by atomic mass is 9.78. The lowest BCUT2D eigenvalue weighted by Crippen LogP contribution is -2.31. The van der Waals surface area contributed by atoms with E-state index >= 15 is 0 Å². The minimum absolute atomic E-state index is 0.420. The molecular formula is C16H33NO. The molecule has 0 aromatic heterocycles. The molecule has 1 heterocycles. The average molecular weight is 255 g/mol. The van der Waals surface area contributed by atoms with Crippen LogP contribution in [0.1, 0.15) is 66.2 Å². The van der Waals surface area contributed by atoms with Gasteiger partial charge in [0.05, 0.1) is 6.10 Å². The van der Waals surface area contributed by atoms with Gasteiger partial charge in [-0.25, -0.2) is 0 Å². The van der Waals surface area contributed by atoms with Crippen molar-refractivity contribution in [2.24, 2.45) is 11.3 Å². The van der Waals surface area contributed by atoms with Crippen LogP contribution < -0.4 is 5.32 Å². The highest BCUT2D eigenvalue weighted by Crippen LogP contribution is 2.30. The van der Waals surface area contributed by atoms with Crippen molar-refractivity contribution in [1.82, 2.24) is 5.32 Å². The number of hydrogen-bond donors (Lipinski definition) is 1. The molecule has 0 spiro atoms. The van der Waals surface area contributed by atoms with Crippen molar-refractivity contribution in [3.05, 3.63) is 0 Å². The molecule has 0 saturated carbocycles. The van der Waals surface area contributed by atoms with Gasteiger partial charge in [-0.15, -0.1) is 0 Å². The van der Waals surface area contributed by atoms with Gasteiger partial charge in [0.2, 0.25) is 0 Å². The van der Waals surface area contributed by atoms with Crippen LogP contribution in [0.5, 0.6) is 0 Å². The molecule has 0 aromatic carbocycles. The second kappa shape index (κ2) is 7.49. The molecule has 1 aliphatic heterocycles. The summed E-state index contributed by atoms with van der Waals surface area (Å²) in [5, 5.41) is 3.49. The summed E-state index contributed by atoms with van der Waals surface area (Å²) < 4.78 is 5.68. The van der Waals surface area contributed by atoms with E-state index in [1.807, 2.05) is 0 Å². The van der Waals surface area contributed by atoms with E-state index in [4.69, 9.17) is 4.74 Å². The van der Waals surface area contributed by atoms with Crippen molar-refractivity contribution in [3.63, 3.8) is 0 Å². The van der Waals surface area contributed by atoms with Crippen LogP contribution in [0.25, 0.3) is 0 Å². The summed E-state index contributed by atoms with van der Waals surface area (Å²) in [7, 11) is 2.10. The summed E-state index contributed by atoms with van der Waals surface area (Å²) in [5.41, 5.74) is 0.420. The van der Waals surface area contributed by atoms with Crippen LogP contribution in [-0.4, -0.2) is 25.8 Å². The Morgan fingerprint density at radius 1 is 1.33 bits per heavy atom. The fourth-order valence-electron chi connectivity index (χ4n) is 2.62. The zero-order valence-electron chi connectivity index (χ0n) is 13.1. The van der Waals surface area contributed by atoms with Crippen LogP contribution in [0.2, 0.25) is 0 Å². The molecule has 108 valence electrons. The van der Waals surface area contributed by atoms with E-state index in [0.29, 0.717) is 17.6 Å². The molecule has 3 unspecified atom stereocenters. The Labute approximate surface area is 114 Å². The highest BCUT2D eigenvalue weighted by molar-refractivity contribution is 4.77. The Bertz CT molecular complexity index is 216. The molecule has 0 radical (unpaired) electrons. The topological polar surface area (TPSA) is 21.3 Å². The summed E-state index contributed by atoms with van der Waals surface area (Å²) >= 11 is 0. The lowest BCUT2D eigenvalue weighted by Gasteiger charge is -2.31. The molecule has 18 heavy (non-hydrogen) atoms. The first-order valence-electron chi connectivity index (χ1n) is 7.72. The zero-order valence-corrected chi connectivity index (χ0v) is 13.1. The molecule has 0 bridgehead atoms. The molecular weight excluding hydrogens is 222 g/mol. The van der Waals surface area contributed by atoms with Gasteiger partial charge in [0.25, 0.3) is 0 Å². The molecule has 1 aliphatic rings. The maximum Gasteiger partial charge on any atom is 0.0576 e. The highest BCUT2D eigenvalue weighted by atomic mass is 16.5. The normalized spacial score (nSPS) is 24.2. The molecule has 0 amide bonds. The lowest BCUT2D eigenvalue weighted by molar-refractivity contribution is 0.101. The smallest absolute Gasteiger partial charge is 0.0576 e. The van der Waals surface area contributed by atoms with Crippen molar-refractivity contribution in [2.75, 3.05) is 13.7 Å². The number of ether oxygens (including phenoxy) is 1. The zero-order chi connectivity index (χ0) is 13.6. The highest BCUT2D eigenvalue weighted by Gasteiger charge is 2.23. The fourth-order valence-corrected chi connectivity index (χ4v) is 2.62. The van der Waals surface area contributed by atoms with E-state index in [0.717, 1.165) is 12.5 Å². The summed E-state index contributed by atoms with van der Waals surface area (Å²) in [6, 6.07) is 0.667. The van der Waals surface area contributed by atoms with Gasteiger partial charge in [-0.3, -0.25) is 0 Å². The molecule has 1 fully saturated rings. The minimum atomic E-state index is 0.420. The van der Waals surface area contributed by atoms with Gasteiger partial charge in [-0.1, -0.05) is 27.7 Å². The monoisotopic (exact) mass is 255 g/mol. The third-order valence-corrected chi connectivity index (χ3v) is 4.63. The summed E-state index contributed by atoms with van der Waals surface area (Å²) in [4.78, 5) is 0. The van der Waals surface area contributed by atoms with Crippen LogP contribution >= 0.6 is 0 Å². The van der Waals surface area contributed by atoms with E-state index < -0.39 is 0 Å².